The number of urea groups is 1. The standard InChI is InChI=1S/C16H14Cl3FN2OS/c17-11-3-2-6-14(20)10(11)9-24-8-7-21-16(23)22-15-12(18)4-1-5-13(15)19/h1-6H,7-9H2,(H2,21,22,23). The van der Waals surface area contributed by atoms with Crippen LogP contribution in [0.15, 0.2) is 36.4 Å². The fourth-order valence-corrected chi connectivity index (χ4v) is 3.55. The van der Waals surface area contributed by atoms with E-state index in [1.165, 1.54) is 17.8 Å². The molecule has 8 heteroatoms. The van der Waals surface area contributed by atoms with Crippen LogP contribution in [0.4, 0.5) is 14.9 Å². The van der Waals surface area contributed by atoms with Gasteiger partial charge in [0, 0.05) is 28.6 Å². The van der Waals surface area contributed by atoms with Gasteiger partial charge in [-0.2, -0.15) is 11.8 Å². The normalized spacial score (nSPS) is 10.5. The molecule has 0 aliphatic rings. The van der Waals surface area contributed by atoms with E-state index in [-0.39, 0.29) is 5.82 Å². The Kier molecular flexibility index (Phi) is 7.49. The Bertz CT molecular complexity index is 690. The fraction of sp³-hybridized carbons (Fsp3) is 0.188. The summed E-state index contributed by atoms with van der Waals surface area (Å²) in [6, 6.07) is 9.15. The van der Waals surface area contributed by atoms with E-state index >= 15 is 0 Å². The van der Waals surface area contributed by atoms with E-state index < -0.39 is 6.03 Å². The summed E-state index contributed by atoms with van der Waals surface area (Å²) in [4.78, 5) is 11.8. The van der Waals surface area contributed by atoms with Crippen LogP contribution in [0.25, 0.3) is 0 Å². The molecule has 0 aliphatic heterocycles. The lowest BCUT2D eigenvalue weighted by atomic mass is 10.2. The molecule has 0 saturated heterocycles. The number of rotatable bonds is 6. The molecule has 2 amide bonds. The summed E-state index contributed by atoms with van der Waals surface area (Å²) in [6.07, 6.45) is 0. The summed E-state index contributed by atoms with van der Waals surface area (Å²) in [5.41, 5.74) is 0.834. The second-order valence-electron chi connectivity index (χ2n) is 4.73. The highest BCUT2D eigenvalue weighted by Crippen LogP contribution is 2.29. The molecule has 0 fully saturated rings. The van der Waals surface area contributed by atoms with Crippen LogP contribution in [0.2, 0.25) is 15.1 Å². The number of carbonyl (C=O) groups excluding carboxylic acids is 1. The van der Waals surface area contributed by atoms with Gasteiger partial charge in [-0.1, -0.05) is 46.9 Å². The minimum atomic E-state index is -0.408. The number of amides is 2. The van der Waals surface area contributed by atoms with Crippen molar-refractivity contribution in [2.24, 2.45) is 0 Å². The topological polar surface area (TPSA) is 41.1 Å². The average molecular weight is 408 g/mol. The Hall–Kier alpha value is -1.14. The van der Waals surface area contributed by atoms with Gasteiger partial charge in [0.15, 0.2) is 0 Å². The van der Waals surface area contributed by atoms with E-state index in [1.807, 2.05) is 0 Å². The molecule has 24 heavy (non-hydrogen) atoms. The SMILES string of the molecule is O=C(NCCSCc1c(F)cccc1Cl)Nc1c(Cl)cccc1Cl. The van der Waals surface area contributed by atoms with Crippen LogP contribution in [0.5, 0.6) is 0 Å². The number of benzene rings is 2. The second kappa shape index (κ2) is 9.37. The summed E-state index contributed by atoms with van der Waals surface area (Å²) < 4.78 is 13.6. The van der Waals surface area contributed by atoms with Crippen molar-refractivity contribution < 1.29 is 9.18 Å². The van der Waals surface area contributed by atoms with Crippen molar-refractivity contribution >= 4 is 58.3 Å². The maximum Gasteiger partial charge on any atom is 0.319 e. The van der Waals surface area contributed by atoms with Crippen molar-refractivity contribution in [2.45, 2.75) is 5.75 Å². The van der Waals surface area contributed by atoms with E-state index in [0.29, 0.717) is 44.4 Å². The lowest BCUT2D eigenvalue weighted by Crippen LogP contribution is -2.30. The maximum absolute atomic E-state index is 13.6. The Balaban J connectivity index is 1.74. The van der Waals surface area contributed by atoms with Gasteiger partial charge in [0.2, 0.25) is 0 Å². The van der Waals surface area contributed by atoms with Crippen molar-refractivity contribution in [3.8, 4) is 0 Å². The molecule has 0 aliphatic carbocycles. The number of thioether (sulfide) groups is 1. The summed E-state index contributed by atoms with van der Waals surface area (Å²) in [6.45, 7) is 0.407. The van der Waals surface area contributed by atoms with Crippen molar-refractivity contribution in [1.29, 1.82) is 0 Å². The predicted molar refractivity (Wildman–Crippen MR) is 101 cm³/mol. The van der Waals surface area contributed by atoms with Crippen LogP contribution in [-0.2, 0) is 5.75 Å². The van der Waals surface area contributed by atoms with Crippen LogP contribution >= 0.6 is 46.6 Å². The summed E-state index contributed by atoms with van der Waals surface area (Å²) in [5.74, 6) is 0.716. The molecule has 0 atom stereocenters. The third-order valence-corrected chi connectivity index (χ3v) is 5.01. The van der Waals surface area contributed by atoms with Crippen LogP contribution in [0.3, 0.4) is 0 Å². The first-order chi connectivity index (χ1) is 11.5. The molecule has 128 valence electrons. The Morgan fingerprint density at radius 1 is 1.04 bits per heavy atom. The number of anilines is 1. The van der Waals surface area contributed by atoms with E-state index in [0.717, 1.165) is 0 Å². The number of para-hydroxylation sites is 1. The minimum Gasteiger partial charge on any atom is -0.337 e. The van der Waals surface area contributed by atoms with E-state index in [9.17, 15) is 9.18 Å². The molecular formula is C16H14Cl3FN2OS. The molecule has 2 aromatic carbocycles. The zero-order valence-corrected chi connectivity index (χ0v) is 15.5. The molecule has 2 rings (SSSR count). The van der Waals surface area contributed by atoms with Gasteiger partial charge in [0.25, 0.3) is 0 Å². The van der Waals surface area contributed by atoms with Crippen LogP contribution in [0.1, 0.15) is 5.56 Å². The quantitative estimate of drug-likeness (QED) is 0.591. The van der Waals surface area contributed by atoms with Gasteiger partial charge < -0.3 is 10.6 Å². The summed E-state index contributed by atoms with van der Waals surface area (Å²) in [5, 5.41) is 6.42. The number of nitrogens with one attached hydrogen (secondary N) is 2. The van der Waals surface area contributed by atoms with E-state index in [2.05, 4.69) is 10.6 Å². The first-order valence-electron chi connectivity index (χ1n) is 6.98. The molecule has 0 unspecified atom stereocenters. The Morgan fingerprint density at radius 3 is 2.33 bits per heavy atom. The third kappa shape index (κ3) is 5.45. The molecule has 3 nitrogen and oxygen atoms in total. The lowest BCUT2D eigenvalue weighted by molar-refractivity contribution is 0.252. The van der Waals surface area contributed by atoms with E-state index in [1.54, 1.807) is 30.3 Å². The summed E-state index contributed by atoms with van der Waals surface area (Å²) >= 11 is 19.4. The maximum atomic E-state index is 13.6. The Labute approximate surface area is 158 Å². The number of halogens is 4. The molecule has 0 heterocycles. The number of carbonyl (C=O) groups is 1. The van der Waals surface area contributed by atoms with E-state index in [4.69, 9.17) is 34.8 Å². The van der Waals surface area contributed by atoms with Crippen LogP contribution in [0, 0.1) is 5.82 Å². The van der Waals surface area contributed by atoms with Gasteiger partial charge in [-0.3, -0.25) is 0 Å². The van der Waals surface area contributed by atoms with Gasteiger partial charge >= 0.3 is 6.03 Å². The molecule has 0 radical (unpaired) electrons. The molecular weight excluding hydrogens is 394 g/mol. The number of hydrogen-bond donors (Lipinski definition) is 2. The highest BCUT2D eigenvalue weighted by atomic mass is 35.5. The van der Waals surface area contributed by atoms with Crippen molar-refractivity contribution in [3.63, 3.8) is 0 Å². The van der Waals surface area contributed by atoms with Crippen molar-refractivity contribution in [1.82, 2.24) is 5.32 Å². The van der Waals surface area contributed by atoms with Crippen LogP contribution in [-0.4, -0.2) is 18.3 Å². The van der Waals surface area contributed by atoms with Gasteiger partial charge in [-0.25, -0.2) is 9.18 Å². The molecule has 2 N–H and O–H groups in total. The monoisotopic (exact) mass is 406 g/mol. The molecule has 0 aromatic heterocycles. The van der Waals surface area contributed by atoms with Gasteiger partial charge in [-0.05, 0) is 24.3 Å². The van der Waals surface area contributed by atoms with Crippen molar-refractivity contribution in [3.05, 3.63) is 62.8 Å². The second-order valence-corrected chi connectivity index (χ2v) is 7.06. The molecule has 0 saturated carbocycles. The zero-order valence-electron chi connectivity index (χ0n) is 12.4. The largest absolute Gasteiger partial charge is 0.337 e. The highest BCUT2D eigenvalue weighted by Gasteiger charge is 2.09. The average Bonchev–Trinajstić information content (AvgIpc) is 2.53. The van der Waals surface area contributed by atoms with Crippen LogP contribution < -0.4 is 10.6 Å². The fourth-order valence-electron chi connectivity index (χ4n) is 1.86. The first-order valence-corrected chi connectivity index (χ1v) is 9.27. The van der Waals surface area contributed by atoms with Crippen molar-refractivity contribution in [2.75, 3.05) is 17.6 Å². The predicted octanol–water partition coefficient (Wildman–Crippen LogP) is 5.84. The zero-order chi connectivity index (χ0) is 17.5. The highest BCUT2D eigenvalue weighted by molar-refractivity contribution is 7.98. The molecule has 0 spiro atoms. The Morgan fingerprint density at radius 2 is 1.67 bits per heavy atom. The molecule has 2 aromatic rings. The van der Waals surface area contributed by atoms with Gasteiger partial charge in [-0.15, -0.1) is 0 Å². The number of hydrogen-bond acceptors (Lipinski definition) is 2. The van der Waals surface area contributed by atoms with Gasteiger partial charge in [0.05, 0.1) is 15.7 Å². The third-order valence-electron chi connectivity index (χ3n) is 3.04. The minimum absolute atomic E-state index is 0.325. The molecule has 0 bridgehead atoms. The lowest BCUT2D eigenvalue weighted by Gasteiger charge is -2.10. The smallest absolute Gasteiger partial charge is 0.319 e. The van der Waals surface area contributed by atoms with Gasteiger partial charge in [0.1, 0.15) is 5.82 Å². The summed E-state index contributed by atoms with van der Waals surface area (Å²) in [7, 11) is 0. The first kappa shape index (κ1) is 19.2.